The highest BCUT2D eigenvalue weighted by molar-refractivity contribution is 9.10. The van der Waals surface area contributed by atoms with E-state index in [9.17, 15) is 14.7 Å². The molecule has 0 radical (unpaired) electrons. The Morgan fingerprint density at radius 3 is 2.78 bits per heavy atom. The Bertz CT molecular complexity index is 750. The quantitative estimate of drug-likeness (QED) is 0.760. The van der Waals surface area contributed by atoms with Crippen LogP contribution in [-0.2, 0) is 9.53 Å². The van der Waals surface area contributed by atoms with Crippen molar-refractivity contribution in [2.24, 2.45) is 0 Å². The number of hydrogen-bond acceptors (Lipinski definition) is 3. The zero-order valence-electron chi connectivity index (χ0n) is 12.4. The maximum absolute atomic E-state index is 12.7. The number of aliphatic carboxylic acids is 1. The molecule has 0 aliphatic carbocycles. The number of aromatic nitrogens is 1. The van der Waals surface area contributed by atoms with Gasteiger partial charge in [-0.1, -0.05) is 22.0 Å². The van der Waals surface area contributed by atoms with Gasteiger partial charge in [0.1, 0.15) is 0 Å². The average molecular weight is 381 g/mol. The molecule has 1 saturated heterocycles. The number of carbonyl (C=O) groups is 2. The average Bonchev–Trinajstić information content (AvgIpc) is 2.92. The number of halogens is 1. The summed E-state index contributed by atoms with van der Waals surface area (Å²) in [6, 6.07) is 5.64. The van der Waals surface area contributed by atoms with Crippen LogP contribution in [0.25, 0.3) is 10.9 Å². The number of benzene rings is 1. The van der Waals surface area contributed by atoms with Gasteiger partial charge >= 0.3 is 5.97 Å². The Morgan fingerprint density at radius 2 is 2.09 bits per heavy atom. The van der Waals surface area contributed by atoms with Gasteiger partial charge in [0.15, 0.2) is 0 Å². The topological polar surface area (TPSA) is 91.4 Å². The molecule has 1 aromatic carbocycles. The lowest BCUT2D eigenvalue weighted by Gasteiger charge is -2.36. The molecular formula is C16H17BrN2O4. The Balaban J connectivity index is 1.90. The first-order valence-corrected chi connectivity index (χ1v) is 8.18. The van der Waals surface area contributed by atoms with Crippen LogP contribution in [0.5, 0.6) is 0 Å². The fourth-order valence-corrected chi connectivity index (χ4v) is 3.60. The monoisotopic (exact) mass is 380 g/mol. The van der Waals surface area contributed by atoms with Crippen molar-refractivity contribution >= 4 is 38.7 Å². The summed E-state index contributed by atoms with van der Waals surface area (Å²) in [4.78, 5) is 27.0. The second kappa shape index (κ2) is 6.33. The zero-order valence-corrected chi connectivity index (χ0v) is 14.0. The van der Waals surface area contributed by atoms with Crippen molar-refractivity contribution in [3.05, 3.63) is 34.4 Å². The number of carboxylic acids is 1. The highest BCUT2D eigenvalue weighted by Gasteiger charge is 2.37. The van der Waals surface area contributed by atoms with Gasteiger partial charge in [0, 0.05) is 34.8 Å². The summed E-state index contributed by atoms with van der Waals surface area (Å²) in [6.45, 7) is 0.899. The first-order valence-electron chi connectivity index (χ1n) is 7.38. The van der Waals surface area contributed by atoms with E-state index in [0.717, 1.165) is 15.4 Å². The van der Waals surface area contributed by atoms with Crippen LogP contribution in [0, 0.1) is 0 Å². The third-order valence-corrected chi connectivity index (χ3v) is 4.88. The van der Waals surface area contributed by atoms with E-state index >= 15 is 0 Å². The van der Waals surface area contributed by atoms with Crippen molar-refractivity contribution in [1.29, 1.82) is 0 Å². The molecule has 3 rings (SSSR count). The van der Waals surface area contributed by atoms with Gasteiger partial charge in [-0.2, -0.15) is 0 Å². The van der Waals surface area contributed by atoms with Gasteiger partial charge < -0.3 is 20.1 Å². The number of fused-ring (bicyclic) bond motifs is 1. The molecule has 7 heteroatoms. The molecular weight excluding hydrogens is 364 g/mol. The molecule has 3 N–H and O–H groups in total. The number of nitrogens with one attached hydrogen (secondary N) is 2. The summed E-state index contributed by atoms with van der Waals surface area (Å²) in [6.07, 6.45) is 2.54. The third kappa shape index (κ3) is 3.25. The van der Waals surface area contributed by atoms with Crippen LogP contribution >= 0.6 is 15.9 Å². The van der Waals surface area contributed by atoms with Gasteiger partial charge in [0.2, 0.25) is 0 Å². The second-order valence-corrected chi connectivity index (χ2v) is 6.64. The van der Waals surface area contributed by atoms with Crippen molar-refractivity contribution < 1.29 is 19.4 Å². The van der Waals surface area contributed by atoms with Gasteiger partial charge in [-0.15, -0.1) is 0 Å². The van der Waals surface area contributed by atoms with E-state index in [1.54, 1.807) is 6.20 Å². The predicted octanol–water partition coefficient (Wildman–Crippen LogP) is 2.68. The van der Waals surface area contributed by atoms with E-state index in [2.05, 4.69) is 26.2 Å². The molecule has 0 saturated carbocycles. The van der Waals surface area contributed by atoms with Crippen LogP contribution in [0.2, 0.25) is 0 Å². The number of aromatic amines is 1. The molecule has 1 fully saturated rings. The lowest BCUT2D eigenvalue weighted by Crippen LogP contribution is -2.53. The van der Waals surface area contributed by atoms with Crippen LogP contribution in [-0.4, -0.2) is 40.7 Å². The number of H-pyrrole nitrogens is 1. The molecule has 122 valence electrons. The molecule has 0 bridgehead atoms. The smallest absolute Gasteiger partial charge is 0.305 e. The van der Waals surface area contributed by atoms with Crippen molar-refractivity contribution in [1.82, 2.24) is 10.3 Å². The molecule has 2 aromatic rings. The molecule has 2 heterocycles. The molecule has 1 aliphatic heterocycles. The normalized spacial score (nSPS) is 17.1. The van der Waals surface area contributed by atoms with E-state index in [4.69, 9.17) is 4.74 Å². The molecule has 23 heavy (non-hydrogen) atoms. The number of carbonyl (C=O) groups excluding carboxylic acids is 1. The van der Waals surface area contributed by atoms with Crippen LogP contribution in [0.1, 0.15) is 29.6 Å². The minimum Gasteiger partial charge on any atom is -0.481 e. The van der Waals surface area contributed by atoms with Gasteiger partial charge in [0.25, 0.3) is 5.91 Å². The van der Waals surface area contributed by atoms with Crippen molar-refractivity contribution in [3.8, 4) is 0 Å². The minimum atomic E-state index is -0.924. The minimum absolute atomic E-state index is 0.106. The summed E-state index contributed by atoms with van der Waals surface area (Å²) in [5.41, 5.74) is 0.596. The first kappa shape index (κ1) is 16.0. The highest BCUT2D eigenvalue weighted by atomic mass is 79.9. The second-order valence-electron chi connectivity index (χ2n) is 5.78. The molecule has 1 aliphatic rings. The van der Waals surface area contributed by atoms with E-state index in [1.165, 1.54) is 0 Å². The number of hydrogen-bond donors (Lipinski definition) is 3. The number of carboxylic acid groups (broad SMARTS) is 1. The molecule has 0 atom stereocenters. The van der Waals surface area contributed by atoms with E-state index < -0.39 is 11.5 Å². The van der Waals surface area contributed by atoms with Gasteiger partial charge in [0.05, 0.1) is 17.5 Å². The summed E-state index contributed by atoms with van der Waals surface area (Å²) in [5, 5.41) is 12.9. The standard InChI is InChI=1S/C16H17BrN2O4/c17-11-2-1-3-12-14(11)10(9-18-12)15(22)19-16(8-13(20)21)4-6-23-7-5-16/h1-3,9,18H,4-8H2,(H,19,22)(H,20,21). The third-order valence-electron chi connectivity index (χ3n) is 4.22. The Hall–Kier alpha value is -1.86. The molecule has 6 nitrogen and oxygen atoms in total. The van der Waals surface area contributed by atoms with Crippen molar-refractivity contribution in [2.75, 3.05) is 13.2 Å². The molecule has 0 spiro atoms. The zero-order chi connectivity index (χ0) is 16.4. The summed E-state index contributed by atoms with van der Waals surface area (Å²) in [5.74, 6) is -1.20. The summed E-state index contributed by atoms with van der Waals surface area (Å²) >= 11 is 3.46. The van der Waals surface area contributed by atoms with Crippen LogP contribution in [0.3, 0.4) is 0 Å². The first-order chi connectivity index (χ1) is 11.0. The van der Waals surface area contributed by atoms with Crippen molar-refractivity contribution in [3.63, 3.8) is 0 Å². The Kier molecular flexibility index (Phi) is 4.41. The maximum atomic E-state index is 12.7. The lowest BCUT2D eigenvalue weighted by molar-refractivity contribution is -0.139. The Labute approximate surface area is 141 Å². The largest absolute Gasteiger partial charge is 0.481 e. The fourth-order valence-electron chi connectivity index (χ4n) is 3.03. The highest BCUT2D eigenvalue weighted by Crippen LogP contribution is 2.29. The van der Waals surface area contributed by atoms with E-state index in [0.29, 0.717) is 31.6 Å². The Morgan fingerprint density at radius 1 is 1.35 bits per heavy atom. The van der Waals surface area contributed by atoms with Crippen LogP contribution in [0.15, 0.2) is 28.9 Å². The summed E-state index contributed by atoms with van der Waals surface area (Å²) in [7, 11) is 0. The van der Waals surface area contributed by atoms with E-state index in [1.807, 2.05) is 18.2 Å². The molecule has 1 aromatic heterocycles. The predicted molar refractivity (Wildman–Crippen MR) is 88.5 cm³/mol. The number of ether oxygens (including phenoxy) is 1. The number of rotatable bonds is 4. The maximum Gasteiger partial charge on any atom is 0.305 e. The van der Waals surface area contributed by atoms with Gasteiger partial charge in [-0.05, 0) is 25.0 Å². The van der Waals surface area contributed by atoms with Crippen LogP contribution < -0.4 is 5.32 Å². The lowest BCUT2D eigenvalue weighted by atomic mass is 9.86. The van der Waals surface area contributed by atoms with Gasteiger partial charge in [-0.25, -0.2) is 0 Å². The van der Waals surface area contributed by atoms with Gasteiger partial charge in [-0.3, -0.25) is 9.59 Å². The molecule has 1 amide bonds. The SMILES string of the molecule is O=C(O)CC1(NC(=O)c2c[nH]c3cccc(Br)c23)CCOCC1. The summed E-state index contributed by atoms with van der Waals surface area (Å²) < 4.78 is 6.13. The fraction of sp³-hybridized carbons (Fsp3) is 0.375. The molecule has 0 unspecified atom stereocenters. The van der Waals surface area contributed by atoms with Crippen LogP contribution in [0.4, 0.5) is 0 Å². The van der Waals surface area contributed by atoms with E-state index in [-0.39, 0.29) is 12.3 Å². The van der Waals surface area contributed by atoms with Crippen molar-refractivity contribution in [2.45, 2.75) is 24.8 Å². The number of amides is 1.